The van der Waals surface area contributed by atoms with E-state index >= 15 is 0 Å². The van der Waals surface area contributed by atoms with Crippen LogP contribution in [0.1, 0.15) is 16.8 Å². The van der Waals surface area contributed by atoms with Gasteiger partial charge in [-0.15, -0.1) is 0 Å². The minimum atomic E-state index is -0.310. The Balaban J connectivity index is 1.64. The first-order valence-corrected chi connectivity index (χ1v) is 10.1. The third-order valence-electron chi connectivity index (χ3n) is 4.83. The maximum absolute atomic E-state index is 13.6. The molecule has 1 amide bonds. The standard InChI is InChI=1S/C21H21FN4OS/c1-25(2)21-17-12-26(19(27)10-14-7-9-28-13-14)8-6-18(17)23-20(24-21)15-4-3-5-16(22)11-15/h3-5,7,9,11,13H,6,8,10,12H2,1-2H3. The van der Waals surface area contributed by atoms with Crippen molar-refractivity contribution in [3.05, 3.63) is 63.7 Å². The van der Waals surface area contributed by atoms with Gasteiger partial charge < -0.3 is 9.80 Å². The number of thiophene rings is 1. The van der Waals surface area contributed by atoms with Gasteiger partial charge in [0.25, 0.3) is 0 Å². The summed E-state index contributed by atoms with van der Waals surface area (Å²) in [5, 5.41) is 4.00. The molecule has 0 aliphatic carbocycles. The molecule has 0 N–H and O–H groups in total. The van der Waals surface area contributed by atoms with Gasteiger partial charge in [0, 0.05) is 38.2 Å². The molecule has 0 saturated heterocycles. The van der Waals surface area contributed by atoms with Crippen LogP contribution in [0.5, 0.6) is 0 Å². The highest BCUT2D eigenvalue weighted by Crippen LogP contribution is 2.29. The predicted octanol–water partition coefficient (Wildman–Crippen LogP) is 3.54. The second-order valence-electron chi connectivity index (χ2n) is 7.07. The van der Waals surface area contributed by atoms with Crippen LogP contribution in [0.25, 0.3) is 11.4 Å². The monoisotopic (exact) mass is 396 g/mol. The van der Waals surface area contributed by atoms with Crippen molar-refractivity contribution in [2.75, 3.05) is 25.5 Å². The lowest BCUT2D eigenvalue weighted by Gasteiger charge is -2.31. The number of fused-ring (bicyclic) bond motifs is 1. The number of nitrogens with zero attached hydrogens (tertiary/aromatic N) is 4. The lowest BCUT2D eigenvalue weighted by Crippen LogP contribution is -2.38. The van der Waals surface area contributed by atoms with E-state index in [1.165, 1.54) is 12.1 Å². The first-order chi connectivity index (χ1) is 13.5. The molecule has 0 saturated carbocycles. The first kappa shape index (κ1) is 18.6. The number of anilines is 1. The summed E-state index contributed by atoms with van der Waals surface area (Å²) >= 11 is 1.60. The molecule has 0 atom stereocenters. The molecule has 0 unspecified atom stereocenters. The summed E-state index contributed by atoms with van der Waals surface area (Å²) in [4.78, 5) is 25.9. The zero-order valence-corrected chi connectivity index (χ0v) is 16.7. The number of hydrogen-bond acceptors (Lipinski definition) is 5. The molecule has 2 aromatic heterocycles. The van der Waals surface area contributed by atoms with Crippen molar-refractivity contribution >= 4 is 23.1 Å². The van der Waals surface area contributed by atoms with Gasteiger partial charge >= 0.3 is 0 Å². The van der Waals surface area contributed by atoms with Gasteiger partial charge in [-0.05, 0) is 34.5 Å². The van der Waals surface area contributed by atoms with Crippen LogP contribution in [-0.4, -0.2) is 41.4 Å². The molecule has 5 nitrogen and oxygen atoms in total. The van der Waals surface area contributed by atoms with Crippen LogP contribution < -0.4 is 4.90 Å². The van der Waals surface area contributed by atoms with Gasteiger partial charge in [-0.2, -0.15) is 11.3 Å². The molecule has 0 radical (unpaired) electrons. The lowest BCUT2D eigenvalue weighted by atomic mass is 10.0. The number of halogens is 1. The van der Waals surface area contributed by atoms with Gasteiger partial charge in [-0.25, -0.2) is 14.4 Å². The summed E-state index contributed by atoms with van der Waals surface area (Å²) in [6, 6.07) is 8.31. The van der Waals surface area contributed by atoms with E-state index in [1.807, 2.05) is 46.8 Å². The Labute approximate surface area is 167 Å². The van der Waals surface area contributed by atoms with Gasteiger partial charge in [0.15, 0.2) is 5.82 Å². The van der Waals surface area contributed by atoms with Gasteiger partial charge in [0.1, 0.15) is 11.6 Å². The maximum Gasteiger partial charge on any atom is 0.227 e. The molecule has 1 aliphatic heterocycles. The molecule has 144 valence electrons. The van der Waals surface area contributed by atoms with Crippen molar-refractivity contribution in [2.45, 2.75) is 19.4 Å². The molecular weight excluding hydrogens is 375 g/mol. The topological polar surface area (TPSA) is 49.3 Å². The minimum Gasteiger partial charge on any atom is -0.362 e. The Kier molecular flexibility index (Phi) is 5.09. The molecule has 3 heterocycles. The molecular formula is C21H21FN4OS. The third-order valence-corrected chi connectivity index (χ3v) is 5.57. The molecule has 3 aromatic rings. The van der Waals surface area contributed by atoms with Gasteiger partial charge in [0.05, 0.1) is 18.7 Å². The van der Waals surface area contributed by atoms with E-state index < -0.39 is 0 Å². The molecule has 1 aromatic carbocycles. The van der Waals surface area contributed by atoms with Crippen molar-refractivity contribution in [1.82, 2.24) is 14.9 Å². The van der Waals surface area contributed by atoms with Crippen molar-refractivity contribution in [3.63, 3.8) is 0 Å². The van der Waals surface area contributed by atoms with Gasteiger partial charge in [0.2, 0.25) is 5.91 Å². The highest BCUT2D eigenvalue weighted by atomic mass is 32.1. The number of carbonyl (C=O) groups is 1. The van der Waals surface area contributed by atoms with Crippen molar-refractivity contribution < 1.29 is 9.18 Å². The Hall–Kier alpha value is -2.80. The Morgan fingerprint density at radius 1 is 1.29 bits per heavy atom. The van der Waals surface area contributed by atoms with E-state index in [0.717, 1.165) is 22.6 Å². The summed E-state index contributed by atoms with van der Waals surface area (Å²) < 4.78 is 13.6. The van der Waals surface area contributed by atoms with E-state index in [1.54, 1.807) is 17.4 Å². The summed E-state index contributed by atoms with van der Waals surface area (Å²) in [5.41, 5.74) is 3.60. The van der Waals surface area contributed by atoms with Crippen molar-refractivity contribution in [2.24, 2.45) is 0 Å². The largest absolute Gasteiger partial charge is 0.362 e. The van der Waals surface area contributed by atoms with Crippen LogP contribution in [0, 0.1) is 5.82 Å². The van der Waals surface area contributed by atoms with E-state index in [-0.39, 0.29) is 11.7 Å². The van der Waals surface area contributed by atoms with Crippen LogP contribution in [-0.2, 0) is 24.2 Å². The number of rotatable bonds is 4. The molecule has 0 fully saturated rings. The fourth-order valence-corrected chi connectivity index (χ4v) is 4.08. The summed E-state index contributed by atoms with van der Waals surface area (Å²) in [6.07, 6.45) is 1.08. The molecule has 28 heavy (non-hydrogen) atoms. The number of aromatic nitrogens is 2. The Bertz CT molecular complexity index is 1000. The third kappa shape index (κ3) is 3.75. The van der Waals surface area contributed by atoms with E-state index in [0.29, 0.717) is 37.3 Å². The van der Waals surface area contributed by atoms with Crippen LogP contribution in [0.3, 0.4) is 0 Å². The summed E-state index contributed by atoms with van der Waals surface area (Å²) in [6.45, 7) is 1.12. The quantitative estimate of drug-likeness (QED) is 0.677. The fourth-order valence-electron chi connectivity index (χ4n) is 3.42. The van der Waals surface area contributed by atoms with Crippen molar-refractivity contribution in [1.29, 1.82) is 0 Å². The van der Waals surface area contributed by atoms with Gasteiger partial charge in [-0.1, -0.05) is 12.1 Å². The predicted molar refractivity (Wildman–Crippen MR) is 109 cm³/mol. The SMILES string of the molecule is CN(C)c1nc(-c2cccc(F)c2)nc2c1CN(C(=O)Cc1ccsc1)CC2. The number of amides is 1. The van der Waals surface area contributed by atoms with Crippen LogP contribution in [0.4, 0.5) is 10.2 Å². The zero-order chi connectivity index (χ0) is 19.7. The highest BCUT2D eigenvalue weighted by molar-refractivity contribution is 7.08. The Morgan fingerprint density at radius 3 is 2.86 bits per heavy atom. The highest BCUT2D eigenvalue weighted by Gasteiger charge is 2.26. The van der Waals surface area contributed by atoms with E-state index in [2.05, 4.69) is 4.98 Å². The first-order valence-electron chi connectivity index (χ1n) is 9.13. The van der Waals surface area contributed by atoms with Gasteiger partial charge in [-0.3, -0.25) is 4.79 Å². The second-order valence-corrected chi connectivity index (χ2v) is 7.85. The average Bonchev–Trinajstić information content (AvgIpc) is 3.19. The lowest BCUT2D eigenvalue weighted by molar-refractivity contribution is -0.131. The van der Waals surface area contributed by atoms with Crippen LogP contribution in [0.15, 0.2) is 41.1 Å². The molecule has 0 bridgehead atoms. The van der Waals surface area contributed by atoms with E-state index in [4.69, 9.17) is 4.98 Å². The van der Waals surface area contributed by atoms with Crippen molar-refractivity contribution in [3.8, 4) is 11.4 Å². The molecule has 1 aliphatic rings. The number of hydrogen-bond donors (Lipinski definition) is 0. The average molecular weight is 396 g/mol. The summed E-state index contributed by atoms with van der Waals surface area (Å²) in [5.74, 6) is 1.09. The normalized spacial score (nSPS) is 13.3. The van der Waals surface area contributed by atoms with E-state index in [9.17, 15) is 9.18 Å². The minimum absolute atomic E-state index is 0.114. The summed E-state index contributed by atoms with van der Waals surface area (Å²) in [7, 11) is 3.84. The molecule has 0 spiro atoms. The second kappa shape index (κ2) is 7.67. The molecule has 7 heteroatoms. The number of carbonyl (C=O) groups excluding carboxylic acids is 1. The zero-order valence-electron chi connectivity index (χ0n) is 15.9. The van der Waals surface area contributed by atoms with Crippen LogP contribution in [0.2, 0.25) is 0 Å². The fraction of sp³-hybridized carbons (Fsp3) is 0.286. The molecule has 4 rings (SSSR count). The smallest absolute Gasteiger partial charge is 0.227 e. The maximum atomic E-state index is 13.6. The number of benzene rings is 1. The Morgan fingerprint density at radius 2 is 2.14 bits per heavy atom. The van der Waals surface area contributed by atoms with Crippen LogP contribution >= 0.6 is 11.3 Å².